The van der Waals surface area contributed by atoms with Gasteiger partial charge in [-0.1, -0.05) is 24.1 Å². The molecule has 4 heterocycles. The van der Waals surface area contributed by atoms with Crippen molar-refractivity contribution in [3.8, 4) is 22.8 Å². The molecular formula is C23H25N3O3. The fourth-order valence-electron chi connectivity index (χ4n) is 4.22. The van der Waals surface area contributed by atoms with Crippen molar-refractivity contribution in [1.29, 1.82) is 0 Å². The highest BCUT2D eigenvalue weighted by atomic mass is 16.7. The molecule has 1 saturated heterocycles. The summed E-state index contributed by atoms with van der Waals surface area (Å²) >= 11 is 0. The third kappa shape index (κ3) is 3.85. The van der Waals surface area contributed by atoms with E-state index >= 15 is 0 Å². The number of hydrogen-bond acceptors (Lipinski definition) is 6. The highest BCUT2D eigenvalue weighted by Gasteiger charge is 2.26. The summed E-state index contributed by atoms with van der Waals surface area (Å²) < 4.78 is 16.6. The normalized spacial score (nSPS) is 19.3. The fraction of sp³-hybridized carbons (Fsp3) is 0.391. The van der Waals surface area contributed by atoms with Gasteiger partial charge in [0, 0.05) is 23.9 Å². The van der Waals surface area contributed by atoms with Crippen molar-refractivity contribution in [2.24, 2.45) is 0 Å². The number of aryl methyl sites for hydroxylation is 1. The second-order valence-corrected chi connectivity index (χ2v) is 7.79. The van der Waals surface area contributed by atoms with E-state index in [1.165, 1.54) is 19.3 Å². The number of aromatic nitrogens is 2. The lowest BCUT2D eigenvalue weighted by atomic mass is 10.0. The first-order chi connectivity index (χ1) is 14.3. The second kappa shape index (κ2) is 7.87. The van der Waals surface area contributed by atoms with E-state index in [1.807, 2.05) is 31.2 Å². The van der Waals surface area contributed by atoms with Crippen LogP contribution in [0.1, 0.15) is 48.8 Å². The summed E-state index contributed by atoms with van der Waals surface area (Å²) in [6, 6.07) is 14.4. The maximum Gasteiger partial charge on any atom is 0.231 e. The Morgan fingerprint density at radius 3 is 2.90 bits per heavy atom. The number of benzene rings is 1. The average molecular weight is 391 g/mol. The minimum Gasteiger partial charge on any atom is -0.454 e. The third-order valence-electron chi connectivity index (χ3n) is 5.70. The summed E-state index contributed by atoms with van der Waals surface area (Å²) in [5.41, 5.74) is 4.11. The van der Waals surface area contributed by atoms with Gasteiger partial charge in [0.15, 0.2) is 17.3 Å². The smallest absolute Gasteiger partial charge is 0.231 e. The lowest BCUT2D eigenvalue weighted by Gasteiger charge is -2.28. The lowest BCUT2D eigenvalue weighted by Crippen LogP contribution is -2.28. The SMILES string of the molecule is Cc1cccc(CN2CCCCCC2c2cc(-c3ccc4c(c3)OCO4)on2)n1. The van der Waals surface area contributed by atoms with Gasteiger partial charge in [0.05, 0.1) is 11.7 Å². The number of ether oxygens (including phenoxy) is 2. The maximum atomic E-state index is 5.73. The topological polar surface area (TPSA) is 60.6 Å². The standard InChI is InChI=1S/C23H25N3O3/c1-16-6-5-7-18(24-16)14-26-11-4-2-3-8-20(26)19-13-22(29-25-19)17-9-10-21-23(12-17)28-15-27-21/h5-7,9-10,12-13,20H,2-4,8,11,14-15H2,1H3. The molecule has 0 bridgehead atoms. The first-order valence-electron chi connectivity index (χ1n) is 10.3. The summed E-state index contributed by atoms with van der Waals surface area (Å²) in [5, 5.41) is 4.45. The van der Waals surface area contributed by atoms with E-state index < -0.39 is 0 Å². The van der Waals surface area contributed by atoms with Crippen LogP contribution in [0, 0.1) is 6.92 Å². The Morgan fingerprint density at radius 2 is 1.97 bits per heavy atom. The Labute approximate surface area is 170 Å². The average Bonchev–Trinajstić information content (AvgIpc) is 3.34. The minimum atomic E-state index is 0.242. The van der Waals surface area contributed by atoms with Crippen molar-refractivity contribution in [1.82, 2.24) is 15.0 Å². The molecule has 6 heteroatoms. The summed E-state index contributed by atoms with van der Waals surface area (Å²) in [6.45, 7) is 4.19. The summed E-state index contributed by atoms with van der Waals surface area (Å²) in [4.78, 5) is 7.20. The first kappa shape index (κ1) is 18.2. The Morgan fingerprint density at radius 1 is 1.03 bits per heavy atom. The largest absolute Gasteiger partial charge is 0.454 e. The number of likely N-dealkylation sites (tertiary alicyclic amines) is 1. The highest BCUT2D eigenvalue weighted by Crippen LogP contribution is 2.37. The molecule has 0 amide bonds. The molecule has 0 N–H and O–H groups in total. The number of nitrogens with zero attached hydrogens (tertiary/aromatic N) is 3. The molecule has 1 atom stereocenters. The fourth-order valence-corrected chi connectivity index (χ4v) is 4.22. The van der Waals surface area contributed by atoms with Crippen molar-refractivity contribution in [2.45, 2.75) is 45.2 Å². The highest BCUT2D eigenvalue weighted by molar-refractivity contribution is 5.63. The van der Waals surface area contributed by atoms with Crippen molar-refractivity contribution in [2.75, 3.05) is 13.3 Å². The van der Waals surface area contributed by atoms with Gasteiger partial charge in [0.1, 0.15) is 5.69 Å². The van der Waals surface area contributed by atoms with Crippen LogP contribution in [-0.4, -0.2) is 28.4 Å². The van der Waals surface area contributed by atoms with Gasteiger partial charge in [-0.2, -0.15) is 0 Å². The molecule has 5 rings (SSSR count). The minimum absolute atomic E-state index is 0.242. The summed E-state index contributed by atoms with van der Waals surface area (Å²) in [6.07, 6.45) is 4.74. The van der Waals surface area contributed by atoms with E-state index in [2.05, 4.69) is 28.3 Å². The van der Waals surface area contributed by atoms with Gasteiger partial charge in [0.25, 0.3) is 0 Å². The Kier molecular flexibility index (Phi) is 4.94. The summed E-state index contributed by atoms with van der Waals surface area (Å²) in [7, 11) is 0. The van der Waals surface area contributed by atoms with Gasteiger partial charge in [0.2, 0.25) is 6.79 Å². The molecule has 2 aromatic heterocycles. The first-order valence-corrected chi connectivity index (χ1v) is 10.3. The van der Waals surface area contributed by atoms with Gasteiger partial charge in [-0.05, 0) is 56.6 Å². The predicted molar refractivity (Wildman–Crippen MR) is 109 cm³/mol. The van der Waals surface area contributed by atoms with E-state index in [0.29, 0.717) is 0 Å². The zero-order valence-corrected chi connectivity index (χ0v) is 16.6. The van der Waals surface area contributed by atoms with Gasteiger partial charge in [-0.15, -0.1) is 0 Å². The number of hydrogen-bond donors (Lipinski definition) is 0. The zero-order valence-electron chi connectivity index (χ0n) is 16.6. The molecule has 3 aromatic rings. The Balaban J connectivity index is 1.40. The second-order valence-electron chi connectivity index (χ2n) is 7.79. The molecule has 2 aliphatic heterocycles. The van der Waals surface area contributed by atoms with Crippen LogP contribution in [0.15, 0.2) is 47.0 Å². The van der Waals surface area contributed by atoms with E-state index in [9.17, 15) is 0 Å². The predicted octanol–water partition coefficient (Wildman–Crippen LogP) is 4.89. The lowest BCUT2D eigenvalue weighted by molar-refractivity contribution is 0.174. The third-order valence-corrected chi connectivity index (χ3v) is 5.70. The molecule has 150 valence electrons. The van der Waals surface area contributed by atoms with Crippen LogP contribution in [0.4, 0.5) is 0 Å². The maximum absolute atomic E-state index is 5.73. The van der Waals surface area contributed by atoms with Crippen LogP contribution in [0.5, 0.6) is 11.5 Å². The van der Waals surface area contributed by atoms with Crippen LogP contribution < -0.4 is 9.47 Å². The van der Waals surface area contributed by atoms with Crippen LogP contribution >= 0.6 is 0 Å². The molecule has 0 saturated carbocycles. The van der Waals surface area contributed by atoms with Crippen molar-refractivity contribution >= 4 is 0 Å². The van der Waals surface area contributed by atoms with Crippen molar-refractivity contribution in [3.05, 3.63) is 59.5 Å². The Hall–Kier alpha value is -2.86. The van der Waals surface area contributed by atoms with Crippen LogP contribution in [0.2, 0.25) is 0 Å². The Bertz CT molecular complexity index is 1000. The summed E-state index contributed by atoms with van der Waals surface area (Å²) in [5.74, 6) is 2.28. The van der Waals surface area contributed by atoms with Gasteiger partial charge >= 0.3 is 0 Å². The zero-order chi connectivity index (χ0) is 19.6. The van der Waals surface area contributed by atoms with Crippen LogP contribution in [0.3, 0.4) is 0 Å². The molecule has 1 fully saturated rings. The van der Waals surface area contributed by atoms with Crippen LogP contribution in [0.25, 0.3) is 11.3 Å². The molecule has 1 unspecified atom stereocenters. The molecule has 29 heavy (non-hydrogen) atoms. The van der Waals surface area contributed by atoms with Crippen LogP contribution in [-0.2, 0) is 6.54 Å². The van der Waals surface area contributed by atoms with E-state index in [4.69, 9.17) is 19.0 Å². The van der Waals surface area contributed by atoms with Gasteiger partial charge < -0.3 is 14.0 Å². The molecule has 0 radical (unpaired) electrons. The van der Waals surface area contributed by atoms with Gasteiger partial charge in [-0.3, -0.25) is 9.88 Å². The molecule has 2 aliphatic rings. The molecule has 1 aromatic carbocycles. The molecule has 6 nitrogen and oxygen atoms in total. The molecular weight excluding hydrogens is 366 g/mol. The number of pyridine rings is 1. The van der Waals surface area contributed by atoms with E-state index in [1.54, 1.807) is 0 Å². The quantitative estimate of drug-likeness (QED) is 0.631. The van der Waals surface area contributed by atoms with Gasteiger partial charge in [-0.25, -0.2) is 0 Å². The number of rotatable bonds is 4. The number of fused-ring (bicyclic) bond motifs is 1. The van der Waals surface area contributed by atoms with Crippen molar-refractivity contribution in [3.63, 3.8) is 0 Å². The van der Waals surface area contributed by atoms with E-state index in [-0.39, 0.29) is 12.8 Å². The van der Waals surface area contributed by atoms with Crippen molar-refractivity contribution < 1.29 is 14.0 Å². The molecule has 0 aliphatic carbocycles. The van der Waals surface area contributed by atoms with E-state index in [0.717, 1.165) is 59.4 Å². The molecule has 0 spiro atoms. The monoisotopic (exact) mass is 391 g/mol.